The highest BCUT2D eigenvalue weighted by atomic mass is 79.9. The summed E-state index contributed by atoms with van der Waals surface area (Å²) < 4.78 is 25.9. The minimum atomic E-state index is -4.17. The van der Waals surface area contributed by atoms with Gasteiger partial charge in [-0.1, -0.05) is 22.9 Å². The van der Waals surface area contributed by atoms with Crippen molar-refractivity contribution in [1.29, 1.82) is 0 Å². The SMILES string of the molecule is CC(CN(C)S(=O)(=O)c1cc(Br)ccc1[N+](=O)[O-])C(=O)O. The molecule has 0 saturated carbocycles. The molecule has 21 heavy (non-hydrogen) atoms. The monoisotopic (exact) mass is 380 g/mol. The van der Waals surface area contributed by atoms with Crippen molar-refractivity contribution in [3.05, 3.63) is 32.8 Å². The van der Waals surface area contributed by atoms with Gasteiger partial charge in [-0.05, 0) is 12.1 Å². The Hall–Kier alpha value is -1.52. The number of nitro groups is 1. The summed E-state index contributed by atoms with van der Waals surface area (Å²) in [5.41, 5.74) is -0.562. The topological polar surface area (TPSA) is 118 Å². The van der Waals surface area contributed by atoms with Crippen molar-refractivity contribution < 1.29 is 23.2 Å². The first-order valence-electron chi connectivity index (χ1n) is 5.70. The zero-order valence-electron chi connectivity index (χ0n) is 11.2. The average Bonchev–Trinajstić information content (AvgIpc) is 2.37. The predicted octanol–water partition coefficient (Wildman–Crippen LogP) is 1.70. The number of rotatable bonds is 6. The fourth-order valence-electron chi connectivity index (χ4n) is 1.58. The second kappa shape index (κ2) is 6.50. The lowest BCUT2D eigenvalue weighted by atomic mass is 10.2. The zero-order chi connectivity index (χ0) is 16.4. The summed E-state index contributed by atoms with van der Waals surface area (Å²) in [6.45, 7) is 1.06. The Balaban J connectivity index is 3.27. The first kappa shape index (κ1) is 17.5. The normalized spacial score (nSPS) is 13.1. The molecule has 0 amide bonds. The molecule has 10 heteroatoms. The van der Waals surface area contributed by atoms with Crippen LogP contribution in [-0.4, -0.2) is 42.3 Å². The molecule has 0 fully saturated rings. The van der Waals surface area contributed by atoms with E-state index in [1.807, 2.05) is 0 Å². The molecule has 1 atom stereocenters. The highest BCUT2D eigenvalue weighted by molar-refractivity contribution is 9.10. The second-order valence-corrected chi connectivity index (χ2v) is 7.32. The van der Waals surface area contributed by atoms with Crippen LogP contribution in [0.2, 0.25) is 0 Å². The summed E-state index contributed by atoms with van der Waals surface area (Å²) in [5, 5.41) is 19.8. The third-order valence-corrected chi connectivity index (χ3v) is 5.11. The van der Waals surface area contributed by atoms with E-state index in [-0.39, 0.29) is 6.54 Å². The zero-order valence-corrected chi connectivity index (χ0v) is 13.6. The molecule has 0 aromatic heterocycles. The highest BCUT2D eigenvalue weighted by Crippen LogP contribution is 2.29. The van der Waals surface area contributed by atoms with E-state index in [2.05, 4.69) is 15.9 Å². The van der Waals surface area contributed by atoms with E-state index in [4.69, 9.17) is 5.11 Å². The van der Waals surface area contributed by atoms with E-state index < -0.39 is 37.4 Å². The van der Waals surface area contributed by atoms with Crippen molar-refractivity contribution in [2.75, 3.05) is 13.6 Å². The Labute approximate surface area is 129 Å². The largest absolute Gasteiger partial charge is 0.481 e. The smallest absolute Gasteiger partial charge is 0.307 e. The van der Waals surface area contributed by atoms with Gasteiger partial charge in [-0.25, -0.2) is 8.42 Å². The third-order valence-electron chi connectivity index (χ3n) is 2.76. The quantitative estimate of drug-likeness (QED) is 0.592. The number of carboxylic acids is 1. The van der Waals surface area contributed by atoms with Crippen molar-refractivity contribution >= 4 is 37.6 Å². The lowest BCUT2D eigenvalue weighted by Gasteiger charge is -2.19. The molecule has 1 unspecified atom stereocenters. The van der Waals surface area contributed by atoms with Crippen molar-refractivity contribution in [1.82, 2.24) is 4.31 Å². The van der Waals surface area contributed by atoms with Crippen molar-refractivity contribution in [2.24, 2.45) is 5.92 Å². The van der Waals surface area contributed by atoms with E-state index in [9.17, 15) is 23.3 Å². The maximum absolute atomic E-state index is 12.4. The molecule has 1 N–H and O–H groups in total. The highest BCUT2D eigenvalue weighted by Gasteiger charge is 2.31. The number of benzene rings is 1. The molecule has 0 radical (unpaired) electrons. The van der Waals surface area contributed by atoms with Crippen LogP contribution in [0, 0.1) is 16.0 Å². The maximum atomic E-state index is 12.4. The maximum Gasteiger partial charge on any atom is 0.307 e. The molecule has 116 valence electrons. The van der Waals surface area contributed by atoms with Crippen LogP contribution in [0.1, 0.15) is 6.92 Å². The minimum Gasteiger partial charge on any atom is -0.481 e. The summed E-state index contributed by atoms with van der Waals surface area (Å²) in [7, 11) is -2.99. The number of carboxylic acid groups (broad SMARTS) is 1. The van der Waals surface area contributed by atoms with Crippen LogP contribution in [0.25, 0.3) is 0 Å². The Morgan fingerprint density at radius 3 is 2.57 bits per heavy atom. The summed E-state index contributed by atoms with van der Waals surface area (Å²) in [6.07, 6.45) is 0. The fourth-order valence-corrected chi connectivity index (χ4v) is 3.53. The number of nitro benzene ring substituents is 1. The van der Waals surface area contributed by atoms with Gasteiger partial charge >= 0.3 is 5.97 Å². The van der Waals surface area contributed by atoms with E-state index in [0.717, 1.165) is 16.4 Å². The van der Waals surface area contributed by atoms with Gasteiger partial charge in [0.15, 0.2) is 4.90 Å². The molecule has 0 saturated heterocycles. The molecule has 1 rings (SSSR count). The fraction of sp³-hybridized carbons (Fsp3) is 0.364. The van der Waals surface area contributed by atoms with E-state index in [1.165, 1.54) is 20.0 Å². The molecule has 1 aromatic carbocycles. The third kappa shape index (κ3) is 3.99. The number of carbonyl (C=O) groups is 1. The summed E-state index contributed by atoms with van der Waals surface area (Å²) in [4.78, 5) is 20.5. The summed E-state index contributed by atoms with van der Waals surface area (Å²) >= 11 is 3.06. The van der Waals surface area contributed by atoms with Gasteiger partial charge in [0.1, 0.15) is 0 Å². The molecule has 0 heterocycles. The van der Waals surface area contributed by atoms with Crippen LogP contribution in [0.5, 0.6) is 0 Å². The first-order valence-corrected chi connectivity index (χ1v) is 7.93. The summed E-state index contributed by atoms with van der Waals surface area (Å²) in [6, 6.07) is 3.55. The Morgan fingerprint density at radius 1 is 1.52 bits per heavy atom. The molecule has 0 aliphatic heterocycles. The number of halogens is 1. The lowest BCUT2D eigenvalue weighted by molar-refractivity contribution is -0.387. The van der Waals surface area contributed by atoms with Gasteiger partial charge in [-0.3, -0.25) is 14.9 Å². The second-order valence-electron chi connectivity index (χ2n) is 4.39. The minimum absolute atomic E-state index is 0.290. The molecule has 0 bridgehead atoms. The van der Waals surface area contributed by atoms with E-state index in [0.29, 0.717) is 4.47 Å². The lowest BCUT2D eigenvalue weighted by Crippen LogP contribution is -2.34. The molecule has 0 spiro atoms. The average molecular weight is 381 g/mol. The molecular formula is C11H13BrN2O6S. The van der Waals surface area contributed by atoms with Gasteiger partial charge < -0.3 is 5.11 Å². The van der Waals surface area contributed by atoms with Crippen LogP contribution < -0.4 is 0 Å². The van der Waals surface area contributed by atoms with Crippen LogP contribution in [-0.2, 0) is 14.8 Å². The van der Waals surface area contributed by atoms with Crippen LogP contribution in [0.3, 0.4) is 0 Å². The van der Waals surface area contributed by atoms with E-state index in [1.54, 1.807) is 0 Å². The van der Waals surface area contributed by atoms with Gasteiger partial charge in [0.25, 0.3) is 5.69 Å². The number of hydrogen-bond donors (Lipinski definition) is 1. The number of sulfonamides is 1. The number of aliphatic carboxylic acids is 1. The molecular weight excluding hydrogens is 368 g/mol. The van der Waals surface area contributed by atoms with Crippen molar-refractivity contribution in [3.63, 3.8) is 0 Å². The summed E-state index contributed by atoms with van der Waals surface area (Å²) in [5.74, 6) is -2.09. The first-order chi connectivity index (χ1) is 9.57. The molecule has 0 aliphatic rings. The van der Waals surface area contributed by atoms with Crippen molar-refractivity contribution in [2.45, 2.75) is 11.8 Å². The molecule has 0 aliphatic carbocycles. The number of hydrogen-bond acceptors (Lipinski definition) is 5. The van der Waals surface area contributed by atoms with Crippen LogP contribution in [0.15, 0.2) is 27.6 Å². The number of nitrogens with zero attached hydrogens (tertiary/aromatic N) is 2. The van der Waals surface area contributed by atoms with Gasteiger partial charge in [0, 0.05) is 24.1 Å². The van der Waals surface area contributed by atoms with Gasteiger partial charge in [-0.2, -0.15) is 4.31 Å². The van der Waals surface area contributed by atoms with Crippen LogP contribution >= 0.6 is 15.9 Å². The predicted molar refractivity (Wildman–Crippen MR) is 77.4 cm³/mol. The van der Waals surface area contributed by atoms with E-state index >= 15 is 0 Å². The standard InChI is InChI=1S/C11H13BrN2O6S/c1-7(11(15)16)6-13(2)21(19,20)10-5-8(12)3-4-9(10)14(17)18/h3-5,7H,6H2,1-2H3,(H,15,16). The van der Waals surface area contributed by atoms with Crippen LogP contribution in [0.4, 0.5) is 5.69 Å². The Kier molecular flexibility index (Phi) is 5.42. The van der Waals surface area contributed by atoms with Gasteiger partial charge in [0.05, 0.1) is 10.8 Å². The Bertz CT molecular complexity index is 675. The van der Waals surface area contributed by atoms with Gasteiger partial charge in [0.2, 0.25) is 10.0 Å². The Morgan fingerprint density at radius 2 is 2.10 bits per heavy atom. The molecule has 8 nitrogen and oxygen atoms in total. The van der Waals surface area contributed by atoms with Gasteiger partial charge in [-0.15, -0.1) is 0 Å². The molecule has 1 aromatic rings. The van der Waals surface area contributed by atoms with Crippen molar-refractivity contribution in [3.8, 4) is 0 Å².